The predicted octanol–water partition coefficient (Wildman–Crippen LogP) is 4.87. The molecule has 1 aliphatic heterocycles. The van der Waals surface area contributed by atoms with Gasteiger partial charge in [-0.2, -0.15) is 5.26 Å². The van der Waals surface area contributed by atoms with Gasteiger partial charge in [0.25, 0.3) is 0 Å². The van der Waals surface area contributed by atoms with E-state index in [0.29, 0.717) is 12.0 Å². The van der Waals surface area contributed by atoms with E-state index in [0.717, 1.165) is 48.2 Å². The molecule has 1 aromatic heterocycles. The molecule has 34 heavy (non-hydrogen) atoms. The van der Waals surface area contributed by atoms with Gasteiger partial charge in [0.15, 0.2) is 0 Å². The van der Waals surface area contributed by atoms with Crippen LogP contribution in [0.15, 0.2) is 65.5 Å². The Morgan fingerprint density at radius 1 is 1.29 bits per heavy atom. The molecule has 1 aliphatic rings. The van der Waals surface area contributed by atoms with Gasteiger partial charge < -0.3 is 9.88 Å². The quantitative estimate of drug-likeness (QED) is 0.482. The van der Waals surface area contributed by atoms with Crippen molar-refractivity contribution in [2.24, 2.45) is 5.92 Å². The summed E-state index contributed by atoms with van der Waals surface area (Å²) >= 11 is 3.55. The maximum absolute atomic E-state index is 13.8. The molecule has 0 saturated carbocycles. The van der Waals surface area contributed by atoms with Crippen molar-refractivity contribution < 1.29 is 4.79 Å². The Kier molecular flexibility index (Phi) is 7.50. The summed E-state index contributed by atoms with van der Waals surface area (Å²) in [5.74, 6) is 0.110. The number of H-pyrrole nitrogens is 1. The number of likely N-dealkylation sites (tertiary alicyclic amines) is 1. The second kappa shape index (κ2) is 10.5. The zero-order valence-corrected chi connectivity index (χ0v) is 21.3. The van der Waals surface area contributed by atoms with E-state index in [1.807, 2.05) is 42.3 Å². The molecule has 0 aliphatic carbocycles. The van der Waals surface area contributed by atoms with Gasteiger partial charge in [-0.15, -0.1) is 0 Å². The first-order valence-electron chi connectivity index (χ1n) is 11.6. The third-order valence-corrected chi connectivity index (χ3v) is 7.42. The molecule has 3 aromatic rings. The van der Waals surface area contributed by atoms with Crippen molar-refractivity contribution in [2.45, 2.75) is 38.3 Å². The number of carbonyl (C=O) groups is 1. The molecule has 176 valence electrons. The van der Waals surface area contributed by atoms with Crippen molar-refractivity contribution in [3.05, 3.63) is 87.9 Å². The van der Waals surface area contributed by atoms with Crippen LogP contribution in [0.2, 0.25) is 0 Å². The fourth-order valence-corrected chi connectivity index (χ4v) is 5.30. The van der Waals surface area contributed by atoms with Gasteiger partial charge in [0.2, 0.25) is 5.91 Å². The van der Waals surface area contributed by atoms with Crippen molar-refractivity contribution in [2.75, 3.05) is 20.1 Å². The van der Waals surface area contributed by atoms with E-state index in [1.165, 1.54) is 5.56 Å². The first-order chi connectivity index (χ1) is 16.4. The predicted molar refractivity (Wildman–Crippen MR) is 136 cm³/mol. The van der Waals surface area contributed by atoms with Crippen LogP contribution in [-0.4, -0.2) is 45.8 Å². The number of hydrogen-bond donors (Lipinski definition) is 1. The summed E-state index contributed by atoms with van der Waals surface area (Å²) in [6.07, 6.45) is 5.99. The number of rotatable bonds is 7. The number of imidazole rings is 1. The van der Waals surface area contributed by atoms with Crippen LogP contribution in [0.3, 0.4) is 0 Å². The molecule has 0 bridgehead atoms. The second-order valence-corrected chi connectivity index (χ2v) is 10.2. The number of piperidine rings is 1. The van der Waals surface area contributed by atoms with Crippen LogP contribution < -0.4 is 0 Å². The van der Waals surface area contributed by atoms with E-state index >= 15 is 0 Å². The van der Waals surface area contributed by atoms with Crippen LogP contribution in [0.4, 0.5) is 0 Å². The number of nitrogens with zero attached hydrogens (tertiary/aromatic N) is 4. The Morgan fingerprint density at radius 3 is 2.76 bits per heavy atom. The van der Waals surface area contributed by atoms with Crippen LogP contribution in [-0.2, 0) is 23.3 Å². The van der Waals surface area contributed by atoms with Gasteiger partial charge >= 0.3 is 0 Å². The van der Waals surface area contributed by atoms with Gasteiger partial charge in [0, 0.05) is 31.0 Å². The molecule has 4 rings (SSSR count). The van der Waals surface area contributed by atoms with Gasteiger partial charge in [-0.05, 0) is 61.7 Å². The highest BCUT2D eigenvalue weighted by molar-refractivity contribution is 9.10. The zero-order valence-electron chi connectivity index (χ0n) is 19.7. The molecular formula is C27H30BrN5O. The third kappa shape index (κ3) is 5.40. The monoisotopic (exact) mass is 519 g/mol. The number of nitriles is 1. The molecule has 0 spiro atoms. The fraction of sp³-hybridized carbons (Fsp3) is 0.370. The molecule has 2 aromatic carbocycles. The Morgan fingerprint density at radius 2 is 2.09 bits per heavy atom. The van der Waals surface area contributed by atoms with E-state index in [1.54, 1.807) is 12.5 Å². The molecule has 1 unspecified atom stereocenters. The molecule has 1 N–H and O–H groups in total. The Balaban J connectivity index is 1.51. The number of nitrogens with one attached hydrogen (secondary N) is 1. The van der Waals surface area contributed by atoms with Gasteiger partial charge in [-0.3, -0.25) is 9.69 Å². The Bertz CT molecular complexity index is 1150. The van der Waals surface area contributed by atoms with Crippen LogP contribution in [0, 0.1) is 17.2 Å². The van der Waals surface area contributed by atoms with Gasteiger partial charge in [0.1, 0.15) is 0 Å². The van der Waals surface area contributed by atoms with Crippen LogP contribution >= 0.6 is 15.9 Å². The number of amides is 1. The lowest BCUT2D eigenvalue weighted by atomic mass is 9.86. The second-order valence-electron chi connectivity index (χ2n) is 9.33. The number of aromatic amines is 1. The van der Waals surface area contributed by atoms with Crippen molar-refractivity contribution in [3.8, 4) is 6.07 Å². The minimum Gasteiger partial charge on any atom is -0.347 e. The molecule has 7 heteroatoms. The highest BCUT2D eigenvalue weighted by Crippen LogP contribution is 2.33. The number of aromatic nitrogens is 2. The first kappa shape index (κ1) is 24.2. The maximum atomic E-state index is 13.8. The number of hydrogen-bond acceptors (Lipinski definition) is 4. The lowest BCUT2D eigenvalue weighted by Crippen LogP contribution is -2.51. The van der Waals surface area contributed by atoms with E-state index < -0.39 is 5.54 Å². The molecular weight excluding hydrogens is 490 g/mol. The van der Waals surface area contributed by atoms with Gasteiger partial charge in [-0.25, -0.2) is 4.98 Å². The van der Waals surface area contributed by atoms with Crippen molar-refractivity contribution >= 4 is 21.8 Å². The SMILES string of the molecule is CN(C(=O)[C@H]1CCCN(Cc2cccc(Br)c2)C1)C(C)(Cc1ccc(C#N)cc1)c1cnc[nH]1. The first-order valence-corrected chi connectivity index (χ1v) is 12.4. The zero-order chi connectivity index (χ0) is 24.1. The van der Waals surface area contributed by atoms with E-state index in [2.05, 4.69) is 62.0 Å². The average Bonchev–Trinajstić information content (AvgIpc) is 3.40. The summed E-state index contributed by atoms with van der Waals surface area (Å²) in [4.78, 5) is 25.5. The van der Waals surface area contributed by atoms with Crippen molar-refractivity contribution in [1.82, 2.24) is 19.8 Å². The molecule has 6 nitrogen and oxygen atoms in total. The summed E-state index contributed by atoms with van der Waals surface area (Å²) in [5.41, 5.74) is 3.25. The summed E-state index contributed by atoms with van der Waals surface area (Å²) in [6.45, 7) is 4.68. The summed E-state index contributed by atoms with van der Waals surface area (Å²) in [7, 11) is 1.90. The van der Waals surface area contributed by atoms with Crippen molar-refractivity contribution in [1.29, 1.82) is 5.26 Å². The highest BCUT2D eigenvalue weighted by atomic mass is 79.9. The standard InChI is InChI=1S/C27H30BrN5O/c1-27(25-16-30-19-31-25,14-20-8-10-21(15-29)11-9-20)32(2)26(34)23-6-4-12-33(18-23)17-22-5-3-7-24(28)13-22/h3,5,7-11,13,16,19,23H,4,6,12,14,17-18H2,1-2H3,(H,30,31)/t23-,27?/m0/s1. The Labute approximate surface area is 209 Å². The average molecular weight is 520 g/mol. The van der Waals surface area contributed by atoms with E-state index in [9.17, 15) is 4.79 Å². The number of likely N-dealkylation sites (N-methyl/N-ethyl adjacent to an activating group) is 1. The van der Waals surface area contributed by atoms with E-state index in [-0.39, 0.29) is 11.8 Å². The Hall–Kier alpha value is -2.95. The van der Waals surface area contributed by atoms with Gasteiger partial charge in [-0.1, -0.05) is 40.2 Å². The minimum atomic E-state index is -0.589. The lowest BCUT2D eigenvalue weighted by Gasteiger charge is -2.42. The molecule has 1 fully saturated rings. The molecule has 2 atom stereocenters. The number of carbonyl (C=O) groups excluding carboxylic acids is 1. The number of halogens is 1. The van der Waals surface area contributed by atoms with E-state index in [4.69, 9.17) is 5.26 Å². The maximum Gasteiger partial charge on any atom is 0.227 e. The van der Waals surface area contributed by atoms with Crippen LogP contribution in [0.25, 0.3) is 0 Å². The lowest BCUT2D eigenvalue weighted by molar-refractivity contribution is -0.142. The normalized spacial score (nSPS) is 18.1. The molecule has 2 heterocycles. The number of benzene rings is 2. The minimum absolute atomic E-state index is 0.0471. The van der Waals surface area contributed by atoms with Crippen LogP contribution in [0.5, 0.6) is 0 Å². The largest absolute Gasteiger partial charge is 0.347 e. The van der Waals surface area contributed by atoms with Gasteiger partial charge in [0.05, 0.1) is 41.3 Å². The highest BCUT2D eigenvalue weighted by Gasteiger charge is 2.39. The summed E-state index contributed by atoms with van der Waals surface area (Å²) in [5, 5.41) is 9.12. The summed E-state index contributed by atoms with van der Waals surface area (Å²) in [6, 6.07) is 18.1. The third-order valence-electron chi connectivity index (χ3n) is 6.93. The van der Waals surface area contributed by atoms with Crippen molar-refractivity contribution in [3.63, 3.8) is 0 Å². The topological polar surface area (TPSA) is 76.0 Å². The smallest absolute Gasteiger partial charge is 0.227 e. The molecule has 1 saturated heterocycles. The fourth-order valence-electron chi connectivity index (χ4n) is 4.85. The molecule has 0 radical (unpaired) electrons. The summed E-state index contributed by atoms with van der Waals surface area (Å²) < 4.78 is 1.08. The molecule has 1 amide bonds. The van der Waals surface area contributed by atoms with Crippen LogP contribution in [0.1, 0.15) is 42.1 Å².